The summed E-state index contributed by atoms with van der Waals surface area (Å²) in [7, 11) is -3.72. The summed E-state index contributed by atoms with van der Waals surface area (Å²) in [5.74, 6) is 0.788. The number of furan rings is 1. The van der Waals surface area contributed by atoms with E-state index in [0.717, 1.165) is 0 Å². The second-order valence-corrected chi connectivity index (χ2v) is 7.74. The third kappa shape index (κ3) is 3.42. The molecule has 4 N–H and O–H groups in total. The van der Waals surface area contributed by atoms with Crippen LogP contribution in [0.3, 0.4) is 0 Å². The Morgan fingerprint density at radius 1 is 1.26 bits per heavy atom. The monoisotopic (exact) mass is 354 g/mol. The smallest absolute Gasteiger partial charge is 0.321 e. The first kappa shape index (κ1) is 16.1. The first-order valence-electron chi connectivity index (χ1n) is 6.68. The molecule has 9 heteroatoms. The van der Waals surface area contributed by atoms with Crippen LogP contribution < -0.4 is 10.5 Å². The zero-order valence-electron chi connectivity index (χ0n) is 11.8. The molecular formula is C14H14N2O5S2. The molecule has 1 aromatic carbocycles. The van der Waals surface area contributed by atoms with Gasteiger partial charge in [-0.2, -0.15) is 0 Å². The molecule has 0 aliphatic carbocycles. The minimum atomic E-state index is -3.72. The van der Waals surface area contributed by atoms with Gasteiger partial charge in [-0.05, 0) is 36.4 Å². The van der Waals surface area contributed by atoms with E-state index in [1.54, 1.807) is 24.3 Å². The van der Waals surface area contributed by atoms with Crippen molar-refractivity contribution in [2.75, 3.05) is 5.75 Å². The van der Waals surface area contributed by atoms with Crippen molar-refractivity contribution >= 4 is 27.8 Å². The lowest BCUT2D eigenvalue weighted by Gasteiger charge is -2.07. The molecule has 0 radical (unpaired) electrons. The highest BCUT2D eigenvalue weighted by molar-refractivity contribution is 7.99. The third-order valence-electron chi connectivity index (χ3n) is 3.43. The van der Waals surface area contributed by atoms with Gasteiger partial charge in [0.15, 0.2) is 0 Å². The predicted molar refractivity (Wildman–Crippen MR) is 85.3 cm³/mol. The fourth-order valence-electron chi connectivity index (χ4n) is 2.24. The van der Waals surface area contributed by atoms with Crippen LogP contribution in [0.5, 0.6) is 0 Å². The number of rotatable bonds is 4. The van der Waals surface area contributed by atoms with Crippen molar-refractivity contribution < 1.29 is 22.7 Å². The van der Waals surface area contributed by atoms with Crippen molar-refractivity contribution in [3.05, 3.63) is 42.2 Å². The topological polar surface area (TPSA) is 123 Å². The maximum absolute atomic E-state index is 11.2. The van der Waals surface area contributed by atoms with Gasteiger partial charge in [-0.3, -0.25) is 10.1 Å². The second-order valence-electron chi connectivity index (χ2n) is 5.04. The van der Waals surface area contributed by atoms with Gasteiger partial charge in [0.25, 0.3) is 0 Å². The lowest BCUT2D eigenvalue weighted by Crippen LogP contribution is -2.33. The van der Waals surface area contributed by atoms with Crippen LogP contribution in [-0.2, 0) is 14.8 Å². The fraction of sp³-hybridized carbons (Fsp3) is 0.214. The van der Waals surface area contributed by atoms with Crippen molar-refractivity contribution in [2.24, 2.45) is 5.14 Å². The van der Waals surface area contributed by atoms with E-state index in [1.807, 2.05) is 0 Å². The van der Waals surface area contributed by atoms with Gasteiger partial charge < -0.3 is 9.52 Å². The number of benzene rings is 1. The minimum absolute atomic E-state index is 0.0327. The maximum atomic E-state index is 11.2. The molecule has 2 unspecified atom stereocenters. The predicted octanol–water partition coefficient (Wildman–Crippen LogP) is 1.38. The average molecular weight is 354 g/mol. The van der Waals surface area contributed by atoms with Crippen LogP contribution in [-0.4, -0.2) is 31.3 Å². The van der Waals surface area contributed by atoms with Crippen molar-refractivity contribution in [1.82, 2.24) is 5.32 Å². The van der Waals surface area contributed by atoms with Crippen LogP contribution in [0, 0.1) is 0 Å². The first-order valence-corrected chi connectivity index (χ1v) is 9.27. The number of hydrogen-bond donors (Lipinski definition) is 3. The fourth-order valence-corrected chi connectivity index (χ4v) is 3.93. The SMILES string of the molecule is NS(=O)(=O)c1ccc(-c2ccc(C3NC(C(=O)O)CS3)o2)cc1. The quantitative estimate of drug-likeness (QED) is 0.758. The lowest BCUT2D eigenvalue weighted by atomic mass is 10.2. The Balaban J connectivity index is 1.78. The average Bonchev–Trinajstić information content (AvgIpc) is 3.15. The van der Waals surface area contributed by atoms with Gasteiger partial charge in [0, 0.05) is 11.3 Å². The van der Waals surface area contributed by atoms with E-state index in [9.17, 15) is 13.2 Å². The summed E-state index contributed by atoms with van der Waals surface area (Å²) < 4.78 is 28.2. The van der Waals surface area contributed by atoms with E-state index in [4.69, 9.17) is 14.7 Å². The number of sulfonamides is 1. The Kier molecular flexibility index (Phi) is 4.19. The molecule has 2 aromatic rings. The molecule has 3 rings (SSSR count). The molecule has 0 bridgehead atoms. The Morgan fingerprint density at radius 3 is 2.52 bits per heavy atom. The van der Waals surface area contributed by atoms with Gasteiger partial charge in [-0.25, -0.2) is 13.6 Å². The second kappa shape index (κ2) is 6.00. The highest BCUT2D eigenvalue weighted by Crippen LogP contribution is 2.35. The largest absolute Gasteiger partial charge is 0.480 e. The Hall–Kier alpha value is -1.81. The van der Waals surface area contributed by atoms with Crippen molar-refractivity contribution in [2.45, 2.75) is 16.3 Å². The number of nitrogens with one attached hydrogen (secondary N) is 1. The van der Waals surface area contributed by atoms with Crippen molar-refractivity contribution in [1.29, 1.82) is 0 Å². The number of carboxylic acids is 1. The Morgan fingerprint density at radius 2 is 1.96 bits per heavy atom. The number of carbonyl (C=O) groups is 1. The normalized spacial score (nSPS) is 21.4. The molecule has 0 saturated carbocycles. The Labute approximate surface area is 136 Å². The molecule has 0 amide bonds. The Bertz CT molecular complexity index is 829. The van der Waals surface area contributed by atoms with Crippen LogP contribution >= 0.6 is 11.8 Å². The maximum Gasteiger partial charge on any atom is 0.321 e. The number of carboxylic acid groups (broad SMARTS) is 1. The first-order chi connectivity index (χ1) is 10.8. The van der Waals surface area contributed by atoms with Crippen LogP contribution in [0.4, 0.5) is 0 Å². The zero-order valence-corrected chi connectivity index (χ0v) is 13.4. The van der Waals surface area contributed by atoms with Gasteiger partial charge in [-0.1, -0.05) is 0 Å². The number of thioether (sulfide) groups is 1. The summed E-state index contributed by atoms with van der Waals surface area (Å²) in [5, 5.41) is 16.8. The third-order valence-corrected chi connectivity index (χ3v) is 5.59. The molecular weight excluding hydrogens is 340 g/mol. The number of hydrogen-bond acceptors (Lipinski definition) is 6. The van der Waals surface area contributed by atoms with Crippen LogP contribution in [0.25, 0.3) is 11.3 Å². The van der Waals surface area contributed by atoms with E-state index < -0.39 is 22.0 Å². The zero-order chi connectivity index (χ0) is 16.6. The summed E-state index contributed by atoms with van der Waals surface area (Å²) in [6.45, 7) is 0. The van der Waals surface area contributed by atoms with E-state index in [0.29, 0.717) is 22.8 Å². The molecule has 2 atom stereocenters. The minimum Gasteiger partial charge on any atom is -0.480 e. The molecule has 1 aromatic heterocycles. The molecule has 7 nitrogen and oxygen atoms in total. The van der Waals surface area contributed by atoms with Crippen molar-refractivity contribution in [3.63, 3.8) is 0 Å². The van der Waals surface area contributed by atoms with Gasteiger partial charge in [0.1, 0.15) is 22.9 Å². The summed E-state index contributed by atoms with van der Waals surface area (Å²) >= 11 is 1.46. The van der Waals surface area contributed by atoms with Gasteiger partial charge in [0.2, 0.25) is 10.0 Å². The van der Waals surface area contributed by atoms with Crippen molar-refractivity contribution in [3.8, 4) is 11.3 Å². The molecule has 23 heavy (non-hydrogen) atoms. The summed E-state index contributed by atoms with van der Waals surface area (Å²) in [5.41, 5.74) is 0.710. The number of aliphatic carboxylic acids is 1. The highest BCUT2D eigenvalue weighted by atomic mass is 32.2. The van der Waals surface area contributed by atoms with E-state index in [2.05, 4.69) is 5.32 Å². The molecule has 1 aliphatic heterocycles. The molecule has 1 aliphatic rings. The summed E-state index contributed by atoms with van der Waals surface area (Å²) in [6, 6.07) is 8.99. The van der Waals surface area contributed by atoms with Crippen LogP contribution in [0.2, 0.25) is 0 Å². The van der Waals surface area contributed by atoms with E-state index in [1.165, 1.54) is 23.9 Å². The van der Waals surface area contributed by atoms with Crippen LogP contribution in [0.15, 0.2) is 45.7 Å². The molecule has 0 spiro atoms. The molecule has 2 heterocycles. The molecule has 1 saturated heterocycles. The number of nitrogens with two attached hydrogens (primary N) is 1. The lowest BCUT2D eigenvalue weighted by molar-refractivity contribution is -0.138. The van der Waals surface area contributed by atoms with Gasteiger partial charge in [-0.15, -0.1) is 11.8 Å². The molecule has 122 valence electrons. The van der Waals surface area contributed by atoms with Gasteiger partial charge >= 0.3 is 5.97 Å². The molecule has 1 fully saturated rings. The standard InChI is InChI=1S/C14H14N2O5S2/c15-23(19,20)9-3-1-8(2-4-9)11-5-6-12(21-11)13-16-10(7-22-13)14(17)18/h1-6,10,13,16H,7H2,(H,17,18)(H2,15,19,20). The van der Waals surface area contributed by atoms with E-state index >= 15 is 0 Å². The van der Waals surface area contributed by atoms with Gasteiger partial charge in [0.05, 0.1) is 4.90 Å². The van der Waals surface area contributed by atoms with Crippen LogP contribution in [0.1, 0.15) is 11.1 Å². The summed E-state index contributed by atoms with van der Waals surface area (Å²) in [4.78, 5) is 11.0. The summed E-state index contributed by atoms with van der Waals surface area (Å²) in [6.07, 6.45) is 0. The van der Waals surface area contributed by atoms with E-state index in [-0.39, 0.29) is 10.3 Å². The highest BCUT2D eigenvalue weighted by Gasteiger charge is 2.32. The number of primary sulfonamides is 1.